The topological polar surface area (TPSA) is 82.4 Å². The third-order valence-electron chi connectivity index (χ3n) is 3.87. The molecule has 10 heteroatoms. The Labute approximate surface area is 176 Å². The second-order valence-corrected chi connectivity index (χ2v) is 8.71. The normalized spacial score (nSPS) is 11.3. The number of nitrogens with one attached hydrogen (secondary N) is 1. The number of nitrogens with zero attached hydrogens (tertiary/aromatic N) is 2. The molecule has 0 aliphatic rings. The van der Waals surface area contributed by atoms with Crippen LogP contribution in [0.4, 0.5) is 5.82 Å². The third-order valence-corrected chi connectivity index (χ3v) is 6.06. The van der Waals surface area contributed by atoms with Crippen molar-refractivity contribution in [1.82, 2.24) is 9.78 Å². The molecule has 0 fully saturated rings. The maximum absolute atomic E-state index is 12.9. The van der Waals surface area contributed by atoms with E-state index >= 15 is 0 Å². The maximum Gasteiger partial charge on any atom is 0.266 e. The van der Waals surface area contributed by atoms with Crippen LogP contribution in [0.5, 0.6) is 11.5 Å². The quantitative estimate of drug-likeness (QED) is 0.542. The summed E-state index contributed by atoms with van der Waals surface area (Å²) in [6.45, 7) is 0.458. The maximum atomic E-state index is 12.9. The van der Waals surface area contributed by atoms with Gasteiger partial charge in [0.1, 0.15) is 16.4 Å². The van der Waals surface area contributed by atoms with Crippen molar-refractivity contribution in [2.75, 3.05) is 18.9 Å². The van der Waals surface area contributed by atoms with E-state index in [1.807, 2.05) is 12.1 Å². The molecule has 0 saturated heterocycles. The van der Waals surface area contributed by atoms with Gasteiger partial charge < -0.3 is 9.47 Å². The molecule has 0 bridgehead atoms. The molecule has 148 valence electrons. The molecule has 7 nitrogen and oxygen atoms in total. The summed E-state index contributed by atoms with van der Waals surface area (Å²) in [6.07, 6.45) is 1.69. The lowest BCUT2D eigenvalue weighted by Gasteiger charge is -2.12. The van der Waals surface area contributed by atoms with Gasteiger partial charge in [-0.15, -0.1) is 0 Å². The Morgan fingerprint density at radius 3 is 2.50 bits per heavy atom. The number of sulfonamides is 1. The molecule has 1 N–H and O–H groups in total. The lowest BCUT2D eigenvalue weighted by molar-refractivity contribution is 0.392. The largest absolute Gasteiger partial charge is 0.497 e. The molecule has 0 aliphatic carbocycles. The van der Waals surface area contributed by atoms with Crippen molar-refractivity contribution in [3.8, 4) is 11.5 Å². The second-order valence-electron chi connectivity index (χ2n) is 5.77. The van der Waals surface area contributed by atoms with Crippen molar-refractivity contribution in [1.29, 1.82) is 0 Å². The Morgan fingerprint density at radius 1 is 1.14 bits per heavy atom. The van der Waals surface area contributed by atoms with Gasteiger partial charge in [-0.2, -0.15) is 5.10 Å². The molecule has 3 aromatic rings. The number of methoxy groups -OCH3 is 2. The van der Waals surface area contributed by atoms with Crippen LogP contribution in [0.15, 0.2) is 58.0 Å². The van der Waals surface area contributed by atoms with Gasteiger partial charge in [0, 0.05) is 17.3 Å². The van der Waals surface area contributed by atoms with Crippen LogP contribution in [0.1, 0.15) is 5.56 Å². The van der Waals surface area contributed by atoms with Gasteiger partial charge >= 0.3 is 0 Å². The summed E-state index contributed by atoms with van der Waals surface area (Å²) in [6, 6.07) is 11.9. The molecule has 28 heavy (non-hydrogen) atoms. The Hall–Kier alpha value is -2.23. The lowest BCUT2D eigenvalue weighted by atomic mass is 10.2. The fourth-order valence-electron chi connectivity index (χ4n) is 2.50. The van der Waals surface area contributed by atoms with E-state index in [0.717, 1.165) is 5.56 Å². The van der Waals surface area contributed by atoms with Gasteiger partial charge in [-0.05, 0) is 45.8 Å². The van der Waals surface area contributed by atoms with E-state index in [2.05, 4.69) is 25.8 Å². The predicted octanol–water partition coefficient (Wildman–Crippen LogP) is 4.17. The summed E-state index contributed by atoms with van der Waals surface area (Å²) in [4.78, 5) is -0.0477. The minimum atomic E-state index is -3.95. The van der Waals surface area contributed by atoms with E-state index in [4.69, 9.17) is 21.1 Å². The van der Waals surface area contributed by atoms with Gasteiger partial charge in [-0.1, -0.05) is 23.7 Å². The number of rotatable bonds is 7. The molecule has 0 unspecified atom stereocenters. The highest BCUT2D eigenvalue weighted by Crippen LogP contribution is 2.31. The number of halogens is 2. The van der Waals surface area contributed by atoms with E-state index in [9.17, 15) is 8.42 Å². The molecule has 0 saturated carbocycles. The fourth-order valence-corrected chi connectivity index (χ4v) is 4.38. The van der Waals surface area contributed by atoms with Crippen LogP contribution in [0.25, 0.3) is 0 Å². The van der Waals surface area contributed by atoms with Crippen LogP contribution in [0.2, 0.25) is 5.02 Å². The Morgan fingerprint density at radius 2 is 1.86 bits per heavy atom. The van der Waals surface area contributed by atoms with Crippen LogP contribution in [0, 0.1) is 0 Å². The summed E-state index contributed by atoms with van der Waals surface area (Å²) >= 11 is 9.24. The van der Waals surface area contributed by atoms with Crippen molar-refractivity contribution in [2.24, 2.45) is 0 Å². The van der Waals surface area contributed by atoms with Gasteiger partial charge in [0.05, 0.1) is 25.2 Å². The molecule has 1 heterocycles. The van der Waals surface area contributed by atoms with Crippen LogP contribution in [0.3, 0.4) is 0 Å². The first-order valence-corrected chi connectivity index (χ1v) is 10.7. The SMILES string of the molecule is COc1ccc(OC)c(S(=O)(=O)Nc2nn(Cc3ccc(Cl)cc3)cc2Br)c1. The van der Waals surface area contributed by atoms with Crippen LogP contribution >= 0.6 is 27.5 Å². The van der Waals surface area contributed by atoms with Crippen molar-refractivity contribution in [3.63, 3.8) is 0 Å². The first-order valence-electron chi connectivity index (χ1n) is 8.04. The zero-order valence-electron chi connectivity index (χ0n) is 15.0. The van der Waals surface area contributed by atoms with Gasteiger partial charge in [-0.25, -0.2) is 8.42 Å². The van der Waals surface area contributed by atoms with Gasteiger partial charge in [0.15, 0.2) is 5.82 Å². The number of hydrogen-bond acceptors (Lipinski definition) is 5. The second kappa shape index (κ2) is 8.42. The van der Waals surface area contributed by atoms with Gasteiger partial charge in [0.2, 0.25) is 0 Å². The fraction of sp³-hybridized carbons (Fsp3) is 0.167. The molecule has 0 atom stereocenters. The first kappa shape index (κ1) is 20.5. The summed E-state index contributed by atoms with van der Waals surface area (Å²) in [5.74, 6) is 0.761. The van der Waals surface area contributed by atoms with Crippen LogP contribution in [-0.4, -0.2) is 32.4 Å². The highest BCUT2D eigenvalue weighted by Gasteiger charge is 2.23. The third kappa shape index (κ3) is 4.60. The molecule has 0 aliphatic heterocycles. The standard InChI is InChI=1S/C18H17BrClN3O4S/c1-26-14-7-8-16(27-2)17(9-14)28(24,25)22-18-15(19)11-23(21-18)10-12-3-5-13(20)6-4-12/h3-9,11H,10H2,1-2H3,(H,21,22). The molecule has 3 rings (SSSR count). The minimum Gasteiger partial charge on any atom is -0.497 e. The lowest BCUT2D eigenvalue weighted by Crippen LogP contribution is -2.15. The molecule has 0 radical (unpaired) electrons. The summed E-state index contributed by atoms with van der Waals surface area (Å²) in [5, 5.41) is 4.96. The average molecular weight is 487 g/mol. The van der Waals surface area contributed by atoms with E-state index in [1.165, 1.54) is 26.4 Å². The van der Waals surface area contributed by atoms with E-state index in [-0.39, 0.29) is 16.5 Å². The van der Waals surface area contributed by atoms with Crippen molar-refractivity contribution < 1.29 is 17.9 Å². The Bertz CT molecular complexity index is 1080. The van der Waals surface area contributed by atoms with Crippen molar-refractivity contribution in [2.45, 2.75) is 11.4 Å². The Kier molecular flexibility index (Phi) is 6.17. The predicted molar refractivity (Wildman–Crippen MR) is 111 cm³/mol. The van der Waals surface area contributed by atoms with Gasteiger partial charge in [-0.3, -0.25) is 9.40 Å². The number of benzene rings is 2. The van der Waals surface area contributed by atoms with E-state index in [1.54, 1.807) is 29.1 Å². The van der Waals surface area contributed by atoms with E-state index < -0.39 is 10.0 Å². The molecule has 2 aromatic carbocycles. The first-order chi connectivity index (χ1) is 13.3. The molecule has 0 spiro atoms. The monoisotopic (exact) mass is 485 g/mol. The highest BCUT2D eigenvalue weighted by molar-refractivity contribution is 9.10. The highest BCUT2D eigenvalue weighted by atomic mass is 79.9. The molecular weight excluding hydrogens is 470 g/mol. The number of ether oxygens (including phenoxy) is 2. The van der Waals surface area contributed by atoms with Crippen molar-refractivity contribution >= 4 is 43.4 Å². The number of hydrogen-bond donors (Lipinski definition) is 1. The van der Waals surface area contributed by atoms with Crippen LogP contribution < -0.4 is 14.2 Å². The van der Waals surface area contributed by atoms with Gasteiger partial charge in [0.25, 0.3) is 10.0 Å². The smallest absolute Gasteiger partial charge is 0.266 e. The zero-order chi connectivity index (χ0) is 20.3. The number of anilines is 1. The average Bonchev–Trinajstić information content (AvgIpc) is 3.01. The summed E-state index contributed by atoms with van der Waals surface area (Å²) in [5.41, 5.74) is 0.975. The Balaban J connectivity index is 1.87. The molecule has 1 aromatic heterocycles. The number of aromatic nitrogens is 2. The minimum absolute atomic E-state index is 0.0477. The van der Waals surface area contributed by atoms with Crippen molar-refractivity contribution in [3.05, 3.63) is 63.7 Å². The zero-order valence-corrected chi connectivity index (χ0v) is 18.2. The summed E-state index contributed by atoms with van der Waals surface area (Å²) in [7, 11) is -1.10. The molecule has 0 amide bonds. The molecular formula is C18H17BrClN3O4S. The van der Waals surface area contributed by atoms with Crippen LogP contribution in [-0.2, 0) is 16.6 Å². The van der Waals surface area contributed by atoms with E-state index in [0.29, 0.717) is 21.8 Å². The summed E-state index contributed by atoms with van der Waals surface area (Å²) < 4.78 is 40.6.